The van der Waals surface area contributed by atoms with Crippen LogP contribution in [0.4, 0.5) is 0 Å². The number of nitriles is 2. The fourth-order valence-corrected chi connectivity index (χ4v) is 6.00. The van der Waals surface area contributed by atoms with Crippen LogP contribution in [0.1, 0.15) is 35.2 Å². The number of fused-ring (bicyclic) bond motifs is 6. The summed E-state index contributed by atoms with van der Waals surface area (Å²) in [5, 5.41) is 22.7. The Morgan fingerprint density at radius 2 is 1.19 bits per heavy atom. The van der Waals surface area contributed by atoms with Gasteiger partial charge in [-0.15, -0.1) is 0 Å². The van der Waals surface area contributed by atoms with E-state index in [9.17, 15) is 10.5 Å². The minimum atomic E-state index is 0.653. The predicted molar refractivity (Wildman–Crippen MR) is 144 cm³/mol. The molecule has 0 aliphatic heterocycles. The molecule has 0 bridgehead atoms. The van der Waals surface area contributed by atoms with Crippen LogP contribution in [-0.2, 0) is 12.8 Å². The highest BCUT2D eigenvalue weighted by Gasteiger charge is 2.23. The topological polar surface area (TPSA) is 57.4 Å². The third kappa shape index (κ3) is 2.92. The van der Waals surface area contributed by atoms with E-state index in [1.165, 1.54) is 45.8 Å². The lowest BCUT2D eigenvalue weighted by Gasteiger charge is -2.16. The van der Waals surface area contributed by atoms with Crippen LogP contribution in [-0.4, -0.2) is 9.13 Å². The molecule has 7 rings (SSSR count). The first-order valence-electron chi connectivity index (χ1n) is 12.4. The minimum absolute atomic E-state index is 0.653. The Morgan fingerprint density at radius 3 is 1.94 bits per heavy atom. The van der Waals surface area contributed by atoms with E-state index in [1.807, 2.05) is 36.4 Å². The first kappa shape index (κ1) is 20.6. The van der Waals surface area contributed by atoms with Crippen molar-refractivity contribution in [2.24, 2.45) is 0 Å². The number of hydrogen-bond acceptors (Lipinski definition) is 2. The standard InChI is InChI=1S/C32H22N4/c33-19-21-7-5-9-23(15-21)35-29-13-3-1-11-25(29)27-17-32-28(18-31(27)35)26-12-2-4-14-30(26)36(32)24-10-6-8-22(16-24)20-34/h1,3,5-11,13,15-18H,2,4,12,14H2. The first-order chi connectivity index (χ1) is 17.8. The van der Waals surface area contributed by atoms with Crippen LogP contribution in [0.3, 0.4) is 0 Å². The van der Waals surface area contributed by atoms with E-state index in [4.69, 9.17) is 0 Å². The smallest absolute Gasteiger partial charge is 0.0992 e. The van der Waals surface area contributed by atoms with Crippen LogP contribution in [0.2, 0.25) is 0 Å². The van der Waals surface area contributed by atoms with Crippen molar-refractivity contribution in [2.75, 3.05) is 0 Å². The van der Waals surface area contributed by atoms with Crippen molar-refractivity contribution in [1.29, 1.82) is 10.5 Å². The van der Waals surface area contributed by atoms with Gasteiger partial charge in [-0.3, -0.25) is 0 Å². The minimum Gasteiger partial charge on any atom is -0.313 e. The second-order valence-corrected chi connectivity index (χ2v) is 9.53. The van der Waals surface area contributed by atoms with E-state index in [2.05, 4.69) is 69.8 Å². The SMILES string of the molecule is N#Cc1cccc(-n2c3c(c4cc5c(cc42)c2ccccc2n5-c2cccc(C#N)c2)CCCC3)c1. The zero-order chi connectivity index (χ0) is 24.2. The molecule has 170 valence electrons. The zero-order valence-corrected chi connectivity index (χ0v) is 19.7. The van der Waals surface area contributed by atoms with E-state index in [1.54, 1.807) is 0 Å². The molecule has 0 unspecified atom stereocenters. The molecule has 6 aromatic rings. The zero-order valence-electron chi connectivity index (χ0n) is 19.7. The van der Waals surface area contributed by atoms with Crippen LogP contribution in [0.15, 0.2) is 84.9 Å². The summed E-state index contributed by atoms with van der Waals surface area (Å²) in [4.78, 5) is 0. The molecule has 4 nitrogen and oxygen atoms in total. The van der Waals surface area contributed by atoms with Crippen molar-refractivity contribution in [2.45, 2.75) is 25.7 Å². The predicted octanol–water partition coefficient (Wildman–Crippen LogP) is 7.35. The van der Waals surface area contributed by atoms with Gasteiger partial charge in [0.05, 0.1) is 39.8 Å². The molecule has 0 spiro atoms. The lowest BCUT2D eigenvalue weighted by molar-refractivity contribution is 0.667. The Bertz CT molecular complexity index is 1920. The fourth-order valence-electron chi connectivity index (χ4n) is 6.00. The summed E-state index contributed by atoms with van der Waals surface area (Å²) in [5.41, 5.74) is 9.62. The Hall–Kier alpha value is -4.80. The largest absolute Gasteiger partial charge is 0.313 e. The third-order valence-corrected chi connectivity index (χ3v) is 7.53. The second-order valence-electron chi connectivity index (χ2n) is 9.53. The quantitative estimate of drug-likeness (QED) is 0.270. The van der Waals surface area contributed by atoms with Crippen LogP contribution in [0.25, 0.3) is 44.1 Å². The summed E-state index contributed by atoms with van der Waals surface area (Å²) >= 11 is 0. The highest BCUT2D eigenvalue weighted by atomic mass is 15.0. The van der Waals surface area contributed by atoms with Gasteiger partial charge in [-0.2, -0.15) is 10.5 Å². The number of nitrogens with zero attached hydrogens (tertiary/aromatic N) is 4. The molecule has 1 aliphatic rings. The van der Waals surface area contributed by atoms with Gasteiger partial charge >= 0.3 is 0 Å². The van der Waals surface area contributed by atoms with Gasteiger partial charge in [0.1, 0.15) is 0 Å². The van der Waals surface area contributed by atoms with Crippen LogP contribution >= 0.6 is 0 Å². The van der Waals surface area contributed by atoms with Crippen molar-refractivity contribution in [3.63, 3.8) is 0 Å². The molecule has 0 saturated heterocycles. The van der Waals surface area contributed by atoms with Crippen LogP contribution < -0.4 is 0 Å². The average molecular weight is 463 g/mol. The molecule has 4 heteroatoms. The van der Waals surface area contributed by atoms with Crippen molar-refractivity contribution >= 4 is 32.7 Å². The van der Waals surface area contributed by atoms with Gasteiger partial charge in [-0.05, 0) is 85.8 Å². The molecular formula is C32H22N4. The van der Waals surface area contributed by atoms with Crippen molar-refractivity contribution in [3.05, 3.63) is 107 Å². The summed E-state index contributed by atoms with van der Waals surface area (Å²) < 4.78 is 4.67. The van der Waals surface area contributed by atoms with E-state index < -0.39 is 0 Å². The van der Waals surface area contributed by atoms with E-state index in [0.717, 1.165) is 35.2 Å². The Kier molecular flexibility index (Phi) is 4.50. The molecule has 0 radical (unpaired) electrons. The fraction of sp³-hybridized carbons (Fsp3) is 0.125. The van der Waals surface area contributed by atoms with Gasteiger partial charge in [0.25, 0.3) is 0 Å². The van der Waals surface area contributed by atoms with E-state index >= 15 is 0 Å². The monoisotopic (exact) mass is 462 g/mol. The summed E-state index contributed by atoms with van der Waals surface area (Å²) in [5.74, 6) is 0. The van der Waals surface area contributed by atoms with E-state index in [0.29, 0.717) is 11.1 Å². The lowest BCUT2D eigenvalue weighted by atomic mass is 9.95. The molecule has 0 amide bonds. The number of aryl methyl sites for hydroxylation is 1. The van der Waals surface area contributed by atoms with Crippen molar-refractivity contribution < 1.29 is 0 Å². The number of hydrogen-bond donors (Lipinski definition) is 0. The van der Waals surface area contributed by atoms with Crippen molar-refractivity contribution in [3.8, 4) is 23.5 Å². The lowest BCUT2D eigenvalue weighted by Crippen LogP contribution is -2.07. The molecule has 0 atom stereocenters. The normalized spacial score (nSPS) is 13.1. The summed E-state index contributed by atoms with van der Waals surface area (Å²) in [6, 6.07) is 33.5. The van der Waals surface area contributed by atoms with Crippen LogP contribution in [0, 0.1) is 22.7 Å². The number of benzene rings is 4. The van der Waals surface area contributed by atoms with Crippen LogP contribution in [0.5, 0.6) is 0 Å². The molecule has 0 saturated carbocycles. The van der Waals surface area contributed by atoms with E-state index in [-0.39, 0.29) is 0 Å². The van der Waals surface area contributed by atoms with Gasteiger partial charge in [-0.25, -0.2) is 0 Å². The second kappa shape index (κ2) is 7.87. The van der Waals surface area contributed by atoms with Gasteiger partial charge in [0, 0.05) is 33.2 Å². The van der Waals surface area contributed by atoms with Gasteiger partial charge in [0.15, 0.2) is 0 Å². The number of para-hydroxylation sites is 1. The Morgan fingerprint density at radius 1 is 0.556 bits per heavy atom. The molecule has 4 aromatic carbocycles. The average Bonchev–Trinajstić information content (AvgIpc) is 3.44. The number of rotatable bonds is 2. The number of aromatic nitrogens is 2. The highest BCUT2D eigenvalue weighted by molar-refractivity contribution is 6.14. The summed E-state index contributed by atoms with van der Waals surface area (Å²) in [6.45, 7) is 0. The third-order valence-electron chi connectivity index (χ3n) is 7.53. The van der Waals surface area contributed by atoms with Gasteiger partial charge in [-0.1, -0.05) is 30.3 Å². The molecule has 0 fully saturated rings. The molecular weight excluding hydrogens is 440 g/mol. The Balaban J connectivity index is 1.62. The molecule has 2 aromatic heterocycles. The summed E-state index contributed by atoms with van der Waals surface area (Å²) in [6.07, 6.45) is 4.47. The highest BCUT2D eigenvalue weighted by Crippen LogP contribution is 2.40. The van der Waals surface area contributed by atoms with Gasteiger partial charge in [0.2, 0.25) is 0 Å². The molecule has 36 heavy (non-hydrogen) atoms. The maximum atomic E-state index is 9.54. The van der Waals surface area contributed by atoms with Crippen molar-refractivity contribution in [1.82, 2.24) is 9.13 Å². The van der Waals surface area contributed by atoms with Gasteiger partial charge < -0.3 is 9.13 Å². The molecule has 2 heterocycles. The molecule has 0 N–H and O–H groups in total. The first-order valence-corrected chi connectivity index (χ1v) is 12.4. The Labute approximate surface area is 208 Å². The molecule has 1 aliphatic carbocycles. The maximum absolute atomic E-state index is 9.54. The maximum Gasteiger partial charge on any atom is 0.0992 e. The summed E-state index contributed by atoms with van der Waals surface area (Å²) in [7, 11) is 0.